The molecule has 0 spiro atoms. The fraction of sp³-hybridized carbons (Fsp3) is 0.250. The van der Waals surface area contributed by atoms with Gasteiger partial charge in [0.25, 0.3) is 0 Å². The average Bonchev–Trinajstić information content (AvgIpc) is 2.18. The van der Waals surface area contributed by atoms with Crippen LogP contribution in [0.5, 0.6) is 0 Å². The zero-order chi connectivity index (χ0) is 10.6. The van der Waals surface area contributed by atoms with Crippen LogP contribution in [-0.2, 0) is 10.0 Å². The van der Waals surface area contributed by atoms with Crippen LogP contribution in [0.25, 0.3) is 0 Å². The van der Waals surface area contributed by atoms with Gasteiger partial charge in [0.05, 0.1) is 4.90 Å². The van der Waals surface area contributed by atoms with Crippen LogP contribution in [0.1, 0.15) is 6.92 Å². The van der Waals surface area contributed by atoms with Gasteiger partial charge in [-0.15, -0.1) is 0 Å². The number of sulfonamides is 1. The lowest BCUT2D eigenvalue weighted by Crippen LogP contribution is -2.23. The Kier molecular flexibility index (Phi) is 3.45. The van der Waals surface area contributed by atoms with Gasteiger partial charge in [-0.25, -0.2) is 13.1 Å². The summed E-state index contributed by atoms with van der Waals surface area (Å²) < 4.78 is 25.4. The zero-order valence-electron chi connectivity index (χ0n) is 7.82. The summed E-state index contributed by atoms with van der Waals surface area (Å²) >= 11 is 0. The number of anilines is 1. The van der Waals surface area contributed by atoms with Crippen molar-refractivity contribution in [3.63, 3.8) is 0 Å². The Hall–Kier alpha value is -1.11. The van der Waals surface area contributed by atoms with Gasteiger partial charge >= 0.3 is 0 Å². The fourth-order valence-corrected chi connectivity index (χ4v) is 2.11. The number of nitrogen functional groups attached to an aromatic ring is 1. The predicted molar refractivity (Wildman–Crippen MR) is 55.1 cm³/mol. The molecule has 5 nitrogen and oxygen atoms in total. The van der Waals surface area contributed by atoms with Gasteiger partial charge in [0.1, 0.15) is 0 Å². The van der Waals surface area contributed by atoms with Crippen LogP contribution in [0.3, 0.4) is 0 Å². The SMILES string of the molecule is CCNS(=O)(=O)c1cccc(NN)c1. The van der Waals surface area contributed by atoms with Crippen molar-refractivity contribution in [1.82, 2.24) is 4.72 Å². The molecular formula is C8H13N3O2S. The zero-order valence-corrected chi connectivity index (χ0v) is 8.64. The topological polar surface area (TPSA) is 84.2 Å². The molecule has 1 aromatic rings. The summed E-state index contributed by atoms with van der Waals surface area (Å²) in [6.07, 6.45) is 0. The Bertz CT molecular complexity index is 403. The normalized spacial score (nSPS) is 11.3. The molecular weight excluding hydrogens is 202 g/mol. The van der Waals surface area contributed by atoms with Crippen LogP contribution in [0.2, 0.25) is 0 Å². The van der Waals surface area contributed by atoms with E-state index in [1.165, 1.54) is 12.1 Å². The molecule has 0 aliphatic rings. The number of hydrazine groups is 1. The summed E-state index contributed by atoms with van der Waals surface area (Å²) in [5, 5.41) is 0. The molecule has 1 aromatic carbocycles. The molecule has 1 rings (SSSR count). The van der Waals surface area contributed by atoms with E-state index < -0.39 is 10.0 Å². The fourth-order valence-electron chi connectivity index (χ4n) is 1.03. The van der Waals surface area contributed by atoms with Crippen LogP contribution >= 0.6 is 0 Å². The number of nitrogens with two attached hydrogens (primary N) is 1. The minimum absolute atomic E-state index is 0.204. The molecule has 0 aromatic heterocycles. The molecule has 0 radical (unpaired) electrons. The van der Waals surface area contributed by atoms with Crippen molar-refractivity contribution in [2.45, 2.75) is 11.8 Å². The summed E-state index contributed by atoms with van der Waals surface area (Å²) in [6, 6.07) is 6.29. The van der Waals surface area contributed by atoms with Crippen molar-refractivity contribution in [3.05, 3.63) is 24.3 Å². The van der Waals surface area contributed by atoms with Gasteiger partial charge in [-0.2, -0.15) is 0 Å². The summed E-state index contributed by atoms with van der Waals surface area (Å²) in [5.74, 6) is 5.17. The quantitative estimate of drug-likeness (QED) is 0.497. The number of nitrogens with one attached hydrogen (secondary N) is 2. The molecule has 0 fully saturated rings. The Morgan fingerprint density at radius 2 is 2.14 bits per heavy atom. The second-order valence-electron chi connectivity index (χ2n) is 2.67. The monoisotopic (exact) mass is 215 g/mol. The van der Waals surface area contributed by atoms with Crippen LogP contribution in [0.4, 0.5) is 5.69 Å². The summed E-state index contributed by atoms with van der Waals surface area (Å²) in [4.78, 5) is 0.204. The highest BCUT2D eigenvalue weighted by Gasteiger charge is 2.11. The Morgan fingerprint density at radius 3 is 2.71 bits per heavy atom. The maximum absolute atomic E-state index is 11.5. The van der Waals surface area contributed by atoms with E-state index in [4.69, 9.17) is 5.84 Å². The van der Waals surface area contributed by atoms with Gasteiger partial charge in [-0.05, 0) is 18.2 Å². The van der Waals surface area contributed by atoms with Crippen molar-refractivity contribution in [2.24, 2.45) is 5.84 Å². The summed E-state index contributed by atoms with van der Waals surface area (Å²) in [5.41, 5.74) is 2.95. The maximum atomic E-state index is 11.5. The molecule has 14 heavy (non-hydrogen) atoms. The van der Waals surface area contributed by atoms with Gasteiger partial charge in [-0.3, -0.25) is 5.84 Å². The predicted octanol–water partition coefficient (Wildman–Crippen LogP) is 0.270. The van der Waals surface area contributed by atoms with Gasteiger partial charge in [-0.1, -0.05) is 13.0 Å². The van der Waals surface area contributed by atoms with E-state index in [9.17, 15) is 8.42 Å². The van der Waals surface area contributed by atoms with Gasteiger partial charge in [0.2, 0.25) is 10.0 Å². The average molecular weight is 215 g/mol. The lowest BCUT2D eigenvalue weighted by molar-refractivity contribution is 0.584. The molecule has 78 valence electrons. The van der Waals surface area contributed by atoms with Crippen molar-refractivity contribution in [2.75, 3.05) is 12.0 Å². The molecule has 0 amide bonds. The van der Waals surface area contributed by atoms with Crippen molar-refractivity contribution in [3.8, 4) is 0 Å². The largest absolute Gasteiger partial charge is 0.324 e. The minimum atomic E-state index is -3.39. The van der Waals surface area contributed by atoms with E-state index in [1.807, 2.05) is 0 Å². The van der Waals surface area contributed by atoms with E-state index in [0.29, 0.717) is 12.2 Å². The van der Waals surface area contributed by atoms with E-state index in [0.717, 1.165) is 0 Å². The van der Waals surface area contributed by atoms with Crippen LogP contribution < -0.4 is 16.0 Å². The molecule has 4 N–H and O–H groups in total. The smallest absolute Gasteiger partial charge is 0.240 e. The maximum Gasteiger partial charge on any atom is 0.240 e. The molecule has 0 bridgehead atoms. The van der Waals surface area contributed by atoms with Gasteiger partial charge < -0.3 is 5.43 Å². The molecule has 0 heterocycles. The van der Waals surface area contributed by atoms with Crippen molar-refractivity contribution >= 4 is 15.7 Å². The molecule has 0 saturated carbocycles. The number of benzene rings is 1. The number of hydrogen-bond acceptors (Lipinski definition) is 4. The van der Waals surface area contributed by atoms with Gasteiger partial charge in [0.15, 0.2) is 0 Å². The highest BCUT2D eigenvalue weighted by Crippen LogP contribution is 2.13. The highest BCUT2D eigenvalue weighted by molar-refractivity contribution is 7.89. The minimum Gasteiger partial charge on any atom is -0.324 e. The third-order valence-electron chi connectivity index (χ3n) is 1.65. The van der Waals surface area contributed by atoms with Crippen LogP contribution in [0, 0.1) is 0 Å². The van der Waals surface area contributed by atoms with E-state index in [1.54, 1.807) is 19.1 Å². The third-order valence-corrected chi connectivity index (χ3v) is 3.19. The van der Waals surface area contributed by atoms with Crippen molar-refractivity contribution in [1.29, 1.82) is 0 Å². The molecule has 0 aliphatic heterocycles. The first-order chi connectivity index (χ1) is 6.60. The molecule has 0 unspecified atom stereocenters. The third kappa shape index (κ3) is 2.44. The van der Waals surface area contributed by atoms with E-state index in [-0.39, 0.29) is 4.90 Å². The Labute approximate surface area is 83.3 Å². The lowest BCUT2D eigenvalue weighted by atomic mass is 10.3. The Balaban J connectivity index is 3.07. The highest BCUT2D eigenvalue weighted by atomic mass is 32.2. The van der Waals surface area contributed by atoms with E-state index in [2.05, 4.69) is 10.1 Å². The molecule has 0 aliphatic carbocycles. The van der Waals surface area contributed by atoms with Crippen LogP contribution in [-0.4, -0.2) is 15.0 Å². The standard InChI is InChI=1S/C8H13N3O2S/c1-2-10-14(12,13)8-5-3-4-7(6-8)11-9/h3-6,10-11H,2,9H2,1H3. The second kappa shape index (κ2) is 4.41. The number of hydrogen-bond donors (Lipinski definition) is 3. The van der Waals surface area contributed by atoms with E-state index >= 15 is 0 Å². The van der Waals surface area contributed by atoms with Gasteiger partial charge in [0, 0.05) is 12.2 Å². The number of rotatable bonds is 4. The van der Waals surface area contributed by atoms with Crippen LogP contribution in [0.15, 0.2) is 29.2 Å². The molecule has 0 atom stereocenters. The second-order valence-corrected chi connectivity index (χ2v) is 4.44. The summed E-state index contributed by atoms with van der Waals surface area (Å²) in [7, 11) is -3.39. The summed E-state index contributed by atoms with van der Waals surface area (Å²) in [6.45, 7) is 2.09. The molecule has 0 saturated heterocycles. The first-order valence-electron chi connectivity index (χ1n) is 4.16. The first kappa shape index (κ1) is 11.0. The lowest BCUT2D eigenvalue weighted by Gasteiger charge is -2.06. The van der Waals surface area contributed by atoms with Crippen molar-refractivity contribution < 1.29 is 8.42 Å². The first-order valence-corrected chi connectivity index (χ1v) is 5.65. The molecule has 6 heteroatoms. The Morgan fingerprint density at radius 1 is 1.43 bits per heavy atom.